The van der Waals surface area contributed by atoms with Crippen LogP contribution in [-0.2, 0) is 11.0 Å². The highest BCUT2D eigenvalue weighted by Crippen LogP contribution is 2.34. The molecule has 0 atom stereocenters. The fourth-order valence-corrected chi connectivity index (χ4v) is 3.31. The molecule has 136 valence electrons. The number of hydrogen-bond acceptors (Lipinski definition) is 4. The highest BCUT2D eigenvalue weighted by molar-refractivity contribution is 7.19. The maximum Gasteiger partial charge on any atom is 0.416 e. The number of aromatic nitrogens is 1. The van der Waals surface area contributed by atoms with Crippen LogP contribution >= 0.6 is 11.3 Å². The summed E-state index contributed by atoms with van der Waals surface area (Å²) in [7, 11) is 0. The monoisotopic (exact) mass is 387 g/mol. The van der Waals surface area contributed by atoms with Crippen LogP contribution in [0.15, 0.2) is 42.5 Å². The Morgan fingerprint density at radius 3 is 2.52 bits per heavy atom. The zero-order valence-electron chi connectivity index (χ0n) is 14.0. The third-order valence-corrected chi connectivity index (χ3v) is 4.68. The number of nitriles is 1. The minimum atomic E-state index is -4.44. The molecule has 3 rings (SSSR count). The standard InChI is InChI=1S/C19H12F3N3OS/c1-11(26)24-15-5-2-12(3-6-15)8-13(10-23)18-25-16-9-14(19(20,21)22)4-7-17(16)27-18/h2-9H,1H3,(H,24,26). The summed E-state index contributed by atoms with van der Waals surface area (Å²) < 4.78 is 39.1. The maximum absolute atomic E-state index is 12.8. The first-order chi connectivity index (χ1) is 12.8. The first-order valence-electron chi connectivity index (χ1n) is 7.74. The molecule has 0 bridgehead atoms. The number of carbonyl (C=O) groups excluding carboxylic acids is 1. The number of rotatable bonds is 3. The normalized spacial score (nSPS) is 12.0. The summed E-state index contributed by atoms with van der Waals surface area (Å²) >= 11 is 1.15. The lowest BCUT2D eigenvalue weighted by Gasteiger charge is -2.04. The van der Waals surface area contributed by atoms with Crippen LogP contribution in [-0.4, -0.2) is 10.9 Å². The SMILES string of the molecule is CC(=O)Nc1ccc(C=C(C#N)c2nc3cc(C(F)(F)F)ccc3s2)cc1. The van der Waals surface area contributed by atoms with Crippen molar-refractivity contribution in [3.05, 3.63) is 58.6 Å². The Labute approximate surface area is 156 Å². The van der Waals surface area contributed by atoms with Crippen molar-refractivity contribution in [3.8, 4) is 6.07 Å². The van der Waals surface area contributed by atoms with Gasteiger partial charge < -0.3 is 5.32 Å². The summed E-state index contributed by atoms with van der Waals surface area (Å²) in [6.45, 7) is 1.40. The van der Waals surface area contributed by atoms with Crippen molar-refractivity contribution in [1.29, 1.82) is 5.26 Å². The molecule has 0 fully saturated rings. The van der Waals surface area contributed by atoms with Gasteiger partial charge in [-0.05, 0) is 42.0 Å². The Bertz CT molecular complexity index is 1080. The van der Waals surface area contributed by atoms with Crippen LogP contribution in [0.5, 0.6) is 0 Å². The van der Waals surface area contributed by atoms with E-state index in [4.69, 9.17) is 0 Å². The Morgan fingerprint density at radius 2 is 1.93 bits per heavy atom. The molecule has 1 heterocycles. The molecule has 1 N–H and O–H groups in total. The third kappa shape index (κ3) is 4.33. The summed E-state index contributed by atoms with van der Waals surface area (Å²) in [5.41, 5.74) is 1.00. The number of halogens is 3. The van der Waals surface area contributed by atoms with Crippen molar-refractivity contribution >= 4 is 44.8 Å². The number of anilines is 1. The van der Waals surface area contributed by atoms with E-state index in [9.17, 15) is 23.2 Å². The van der Waals surface area contributed by atoms with Crippen molar-refractivity contribution < 1.29 is 18.0 Å². The van der Waals surface area contributed by atoms with Crippen molar-refractivity contribution in [2.75, 3.05) is 5.32 Å². The lowest BCUT2D eigenvalue weighted by Crippen LogP contribution is -2.05. The summed E-state index contributed by atoms with van der Waals surface area (Å²) in [4.78, 5) is 15.2. The summed E-state index contributed by atoms with van der Waals surface area (Å²) in [5.74, 6) is -0.191. The van der Waals surface area contributed by atoms with Crippen molar-refractivity contribution in [3.63, 3.8) is 0 Å². The molecule has 27 heavy (non-hydrogen) atoms. The van der Waals surface area contributed by atoms with Gasteiger partial charge in [0.1, 0.15) is 11.1 Å². The van der Waals surface area contributed by atoms with Crippen molar-refractivity contribution in [2.24, 2.45) is 0 Å². The van der Waals surface area contributed by atoms with E-state index in [2.05, 4.69) is 10.3 Å². The van der Waals surface area contributed by atoms with E-state index in [1.807, 2.05) is 6.07 Å². The molecule has 4 nitrogen and oxygen atoms in total. The number of alkyl halides is 3. The van der Waals surface area contributed by atoms with Gasteiger partial charge in [0.25, 0.3) is 0 Å². The second-order valence-electron chi connectivity index (χ2n) is 5.67. The number of nitrogens with one attached hydrogen (secondary N) is 1. The highest BCUT2D eigenvalue weighted by Gasteiger charge is 2.30. The molecule has 0 saturated heterocycles. The maximum atomic E-state index is 12.8. The number of fused-ring (bicyclic) bond motifs is 1. The fourth-order valence-electron chi connectivity index (χ4n) is 2.39. The molecular weight excluding hydrogens is 375 g/mol. The Balaban J connectivity index is 1.94. The number of carbonyl (C=O) groups is 1. The second kappa shape index (κ2) is 7.21. The second-order valence-corrected chi connectivity index (χ2v) is 6.70. The van der Waals surface area contributed by atoms with Crippen LogP contribution in [0.3, 0.4) is 0 Å². The van der Waals surface area contributed by atoms with Gasteiger partial charge in [-0.25, -0.2) is 4.98 Å². The van der Waals surface area contributed by atoms with Gasteiger partial charge in [0.2, 0.25) is 5.91 Å². The molecule has 8 heteroatoms. The van der Waals surface area contributed by atoms with Crippen molar-refractivity contribution in [2.45, 2.75) is 13.1 Å². The molecule has 2 aromatic carbocycles. The van der Waals surface area contributed by atoms with Gasteiger partial charge in [-0.1, -0.05) is 12.1 Å². The van der Waals surface area contributed by atoms with Crippen LogP contribution in [0.2, 0.25) is 0 Å². The average molecular weight is 387 g/mol. The van der Waals surface area contributed by atoms with Gasteiger partial charge in [0, 0.05) is 12.6 Å². The number of hydrogen-bond donors (Lipinski definition) is 1. The Hall–Kier alpha value is -3.18. The number of nitrogens with zero attached hydrogens (tertiary/aromatic N) is 2. The molecular formula is C19H12F3N3OS. The smallest absolute Gasteiger partial charge is 0.326 e. The van der Waals surface area contributed by atoms with E-state index in [-0.39, 0.29) is 17.0 Å². The minimum absolute atomic E-state index is 0.191. The molecule has 1 amide bonds. The average Bonchev–Trinajstić information content (AvgIpc) is 3.02. The van der Waals surface area contributed by atoms with Crippen LogP contribution in [0.25, 0.3) is 21.9 Å². The minimum Gasteiger partial charge on any atom is -0.326 e. The van der Waals surface area contributed by atoms with Gasteiger partial charge in [-0.2, -0.15) is 18.4 Å². The number of thiazole rings is 1. The topological polar surface area (TPSA) is 65.8 Å². The largest absolute Gasteiger partial charge is 0.416 e. The zero-order valence-corrected chi connectivity index (χ0v) is 14.8. The molecule has 0 saturated carbocycles. The quantitative estimate of drug-likeness (QED) is 0.617. The summed E-state index contributed by atoms with van der Waals surface area (Å²) in [6.07, 6.45) is -2.85. The van der Waals surface area contributed by atoms with Crippen LogP contribution in [0.1, 0.15) is 23.1 Å². The van der Waals surface area contributed by atoms with E-state index >= 15 is 0 Å². The van der Waals surface area contributed by atoms with E-state index in [1.165, 1.54) is 13.0 Å². The predicted octanol–water partition coefficient (Wildman–Crippen LogP) is 5.34. The van der Waals surface area contributed by atoms with E-state index in [1.54, 1.807) is 30.3 Å². The van der Waals surface area contributed by atoms with Gasteiger partial charge in [0.15, 0.2) is 0 Å². The van der Waals surface area contributed by atoms with E-state index < -0.39 is 11.7 Å². The van der Waals surface area contributed by atoms with Gasteiger partial charge in [-0.3, -0.25) is 4.79 Å². The van der Waals surface area contributed by atoms with Gasteiger partial charge >= 0.3 is 6.18 Å². The van der Waals surface area contributed by atoms with Crippen LogP contribution < -0.4 is 5.32 Å². The first-order valence-corrected chi connectivity index (χ1v) is 8.55. The molecule has 0 aliphatic heterocycles. The molecule has 0 radical (unpaired) electrons. The van der Waals surface area contributed by atoms with Gasteiger partial charge in [-0.15, -0.1) is 11.3 Å². The fraction of sp³-hybridized carbons (Fsp3) is 0.105. The first kappa shape index (κ1) is 18.6. The van der Waals surface area contributed by atoms with Crippen LogP contribution in [0, 0.1) is 11.3 Å². The zero-order chi connectivity index (χ0) is 19.6. The number of benzene rings is 2. The Kier molecular flexibility index (Phi) is 4.97. The molecule has 0 spiro atoms. The molecule has 0 unspecified atom stereocenters. The molecule has 3 aromatic rings. The number of amides is 1. The predicted molar refractivity (Wildman–Crippen MR) is 98.9 cm³/mol. The van der Waals surface area contributed by atoms with E-state index in [0.29, 0.717) is 21.0 Å². The highest BCUT2D eigenvalue weighted by atomic mass is 32.1. The Morgan fingerprint density at radius 1 is 1.22 bits per heavy atom. The molecule has 1 aromatic heterocycles. The number of allylic oxidation sites excluding steroid dienone is 1. The summed E-state index contributed by atoms with van der Waals surface area (Å²) in [5, 5.41) is 12.4. The summed E-state index contributed by atoms with van der Waals surface area (Å²) in [6, 6.07) is 12.2. The third-order valence-electron chi connectivity index (χ3n) is 3.61. The van der Waals surface area contributed by atoms with Gasteiger partial charge in [0.05, 0.1) is 21.4 Å². The lowest BCUT2D eigenvalue weighted by atomic mass is 10.1. The van der Waals surface area contributed by atoms with Crippen molar-refractivity contribution in [1.82, 2.24) is 4.98 Å². The van der Waals surface area contributed by atoms with Crippen LogP contribution in [0.4, 0.5) is 18.9 Å². The lowest BCUT2D eigenvalue weighted by molar-refractivity contribution is -0.137. The molecule has 0 aliphatic carbocycles. The molecule has 0 aliphatic rings. The van der Waals surface area contributed by atoms with E-state index in [0.717, 1.165) is 23.5 Å².